The van der Waals surface area contributed by atoms with Gasteiger partial charge in [-0.3, -0.25) is 4.79 Å². The number of aryl methyl sites for hydroxylation is 1. The fraction of sp³-hybridized carbons (Fsp3) is 0.333. The first-order valence-corrected chi connectivity index (χ1v) is 12.4. The van der Waals surface area contributed by atoms with E-state index >= 15 is 0 Å². The fourth-order valence-corrected chi connectivity index (χ4v) is 4.80. The average molecular weight is 470 g/mol. The Morgan fingerprint density at radius 2 is 1.60 bits per heavy atom. The number of carbonyl (C=O) groups excluding carboxylic acids is 2. The van der Waals surface area contributed by atoms with E-state index in [9.17, 15) is 9.59 Å². The van der Waals surface area contributed by atoms with Crippen LogP contribution < -0.4 is 15.5 Å². The molecule has 0 aromatic heterocycles. The summed E-state index contributed by atoms with van der Waals surface area (Å²) in [5.41, 5.74) is 7.18. The van der Waals surface area contributed by atoms with Crippen LogP contribution in [0.1, 0.15) is 67.3 Å². The van der Waals surface area contributed by atoms with Crippen LogP contribution in [-0.4, -0.2) is 18.0 Å². The standard InChI is InChI=1S/C30H35N3O2/c1-19(2)24-12-9-13-25(20(3)4)28(24)32-30(35)31-26-17-23-16-21(5)14-15-27(23)33(29(26)34)18-22-10-7-6-8-11-22/h6-16,19-20,26H,17-18H2,1-5H3,(H2,31,32,35). The van der Waals surface area contributed by atoms with E-state index in [2.05, 4.69) is 56.5 Å². The zero-order chi connectivity index (χ0) is 25.1. The van der Waals surface area contributed by atoms with Crippen LogP contribution in [0.3, 0.4) is 0 Å². The van der Waals surface area contributed by atoms with Gasteiger partial charge in [-0.05, 0) is 47.1 Å². The van der Waals surface area contributed by atoms with Gasteiger partial charge in [-0.25, -0.2) is 4.79 Å². The molecular weight excluding hydrogens is 434 g/mol. The smallest absolute Gasteiger partial charge is 0.319 e. The minimum Gasteiger partial charge on any atom is -0.326 e. The number of carbonyl (C=O) groups is 2. The Morgan fingerprint density at radius 3 is 2.23 bits per heavy atom. The molecule has 1 aliphatic rings. The molecule has 5 nitrogen and oxygen atoms in total. The molecule has 182 valence electrons. The maximum Gasteiger partial charge on any atom is 0.319 e. The van der Waals surface area contributed by atoms with Gasteiger partial charge in [0, 0.05) is 17.8 Å². The molecule has 0 aliphatic carbocycles. The van der Waals surface area contributed by atoms with Crippen LogP contribution in [0.5, 0.6) is 0 Å². The lowest BCUT2D eigenvalue weighted by molar-refractivity contribution is -0.120. The zero-order valence-electron chi connectivity index (χ0n) is 21.3. The Hall–Kier alpha value is -3.60. The van der Waals surface area contributed by atoms with Crippen molar-refractivity contribution >= 4 is 23.3 Å². The predicted molar refractivity (Wildman–Crippen MR) is 143 cm³/mol. The van der Waals surface area contributed by atoms with Crippen molar-refractivity contribution in [3.63, 3.8) is 0 Å². The summed E-state index contributed by atoms with van der Waals surface area (Å²) in [6, 6.07) is 21.2. The SMILES string of the molecule is Cc1ccc2c(c1)CC(NC(=O)Nc1c(C(C)C)cccc1C(C)C)C(=O)N2Cc1ccccc1. The second-order valence-corrected chi connectivity index (χ2v) is 10.0. The summed E-state index contributed by atoms with van der Waals surface area (Å²) in [5.74, 6) is 0.426. The summed E-state index contributed by atoms with van der Waals surface area (Å²) in [5, 5.41) is 6.07. The molecule has 35 heavy (non-hydrogen) atoms. The van der Waals surface area contributed by atoms with Crippen LogP contribution in [0, 0.1) is 6.92 Å². The summed E-state index contributed by atoms with van der Waals surface area (Å²) in [7, 11) is 0. The molecule has 1 aliphatic heterocycles. The van der Waals surface area contributed by atoms with Gasteiger partial charge < -0.3 is 15.5 Å². The maximum absolute atomic E-state index is 13.6. The molecule has 3 amide bonds. The molecule has 1 unspecified atom stereocenters. The summed E-state index contributed by atoms with van der Waals surface area (Å²) in [6.45, 7) is 11.0. The van der Waals surface area contributed by atoms with E-state index in [1.165, 1.54) is 0 Å². The van der Waals surface area contributed by atoms with Crippen molar-refractivity contribution < 1.29 is 9.59 Å². The first-order valence-electron chi connectivity index (χ1n) is 12.4. The molecule has 4 rings (SSSR count). The minimum absolute atomic E-state index is 0.0958. The highest BCUT2D eigenvalue weighted by atomic mass is 16.2. The molecule has 0 saturated carbocycles. The molecule has 5 heteroatoms. The maximum atomic E-state index is 13.6. The summed E-state index contributed by atoms with van der Waals surface area (Å²) in [4.78, 5) is 28.6. The molecule has 0 spiro atoms. The van der Waals surface area contributed by atoms with Crippen LogP contribution in [0.15, 0.2) is 66.7 Å². The lowest BCUT2D eigenvalue weighted by atomic mass is 9.92. The minimum atomic E-state index is -0.637. The second-order valence-electron chi connectivity index (χ2n) is 10.0. The summed E-state index contributed by atoms with van der Waals surface area (Å²) >= 11 is 0. The Kier molecular flexibility index (Phi) is 7.25. The first-order chi connectivity index (χ1) is 16.7. The van der Waals surface area contributed by atoms with Gasteiger partial charge in [-0.15, -0.1) is 0 Å². The molecular formula is C30H35N3O2. The molecule has 3 aromatic rings. The lowest BCUT2D eigenvalue weighted by Gasteiger charge is -2.35. The van der Waals surface area contributed by atoms with Crippen LogP contribution in [0.4, 0.5) is 16.2 Å². The molecule has 0 bridgehead atoms. The van der Waals surface area contributed by atoms with Crippen molar-refractivity contribution in [1.29, 1.82) is 0 Å². The third-order valence-corrected chi connectivity index (χ3v) is 6.61. The van der Waals surface area contributed by atoms with E-state index < -0.39 is 6.04 Å². The van der Waals surface area contributed by atoms with Crippen molar-refractivity contribution in [2.45, 2.75) is 65.5 Å². The number of hydrogen-bond donors (Lipinski definition) is 2. The van der Waals surface area contributed by atoms with Crippen LogP contribution in [0.2, 0.25) is 0 Å². The third kappa shape index (κ3) is 5.40. The number of anilines is 2. The quantitative estimate of drug-likeness (QED) is 0.432. The lowest BCUT2D eigenvalue weighted by Crippen LogP contribution is -2.53. The molecule has 1 heterocycles. The second kappa shape index (κ2) is 10.3. The van der Waals surface area contributed by atoms with E-state index in [0.717, 1.165) is 39.2 Å². The van der Waals surface area contributed by atoms with Crippen LogP contribution in [0.25, 0.3) is 0 Å². The van der Waals surface area contributed by atoms with Crippen molar-refractivity contribution in [1.82, 2.24) is 5.32 Å². The number of fused-ring (bicyclic) bond motifs is 1. The van der Waals surface area contributed by atoms with Gasteiger partial charge in [-0.1, -0.05) is 93.9 Å². The van der Waals surface area contributed by atoms with Gasteiger partial charge in [0.1, 0.15) is 6.04 Å². The summed E-state index contributed by atoms with van der Waals surface area (Å²) < 4.78 is 0. The highest BCUT2D eigenvalue weighted by Gasteiger charge is 2.34. The van der Waals surface area contributed by atoms with Crippen molar-refractivity contribution in [3.05, 3.63) is 94.5 Å². The van der Waals surface area contributed by atoms with Gasteiger partial charge in [0.2, 0.25) is 5.91 Å². The van der Waals surface area contributed by atoms with Crippen molar-refractivity contribution in [2.24, 2.45) is 0 Å². The molecule has 0 fully saturated rings. The van der Waals surface area contributed by atoms with Gasteiger partial charge in [0.05, 0.1) is 6.54 Å². The van der Waals surface area contributed by atoms with Crippen LogP contribution >= 0.6 is 0 Å². The molecule has 0 saturated heterocycles. The third-order valence-electron chi connectivity index (χ3n) is 6.61. The Labute approximate surface area is 208 Å². The largest absolute Gasteiger partial charge is 0.326 e. The number of para-hydroxylation sites is 1. The monoisotopic (exact) mass is 469 g/mol. The molecule has 1 atom stereocenters. The van der Waals surface area contributed by atoms with Gasteiger partial charge >= 0.3 is 6.03 Å². The number of hydrogen-bond acceptors (Lipinski definition) is 2. The number of amides is 3. The van der Waals surface area contributed by atoms with Gasteiger partial charge in [0.15, 0.2) is 0 Å². The summed E-state index contributed by atoms with van der Waals surface area (Å²) in [6.07, 6.45) is 0.470. The Bertz CT molecular complexity index is 1190. The van der Waals surface area contributed by atoms with E-state index in [4.69, 9.17) is 0 Å². The predicted octanol–water partition coefficient (Wildman–Crippen LogP) is 6.52. The highest BCUT2D eigenvalue weighted by molar-refractivity contribution is 6.03. The first kappa shape index (κ1) is 24.5. The number of benzene rings is 3. The van der Waals surface area contributed by atoms with E-state index in [1.54, 1.807) is 4.90 Å². The number of urea groups is 1. The van der Waals surface area contributed by atoms with E-state index in [-0.39, 0.29) is 23.8 Å². The molecule has 0 radical (unpaired) electrons. The van der Waals surface area contributed by atoms with E-state index in [0.29, 0.717) is 13.0 Å². The zero-order valence-corrected chi connectivity index (χ0v) is 21.3. The van der Waals surface area contributed by atoms with Crippen molar-refractivity contribution in [3.8, 4) is 0 Å². The Morgan fingerprint density at radius 1 is 0.943 bits per heavy atom. The van der Waals surface area contributed by atoms with E-state index in [1.807, 2.05) is 55.5 Å². The topological polar surface area (TPSA) is 61.4 Å². The van der Waals surface area contributed by atoms with Crippen LogP contribution in [-0.2, 0) is 17.8 Å². The highest BCUT2D eigenvalue weighted by Crippen LogP contribution is 2.33. The van der Waals surface area contributed by atoms with Gasteiger partial charge in [0.25, 0.3) is 0 Å². The molecule has 2 N–H and O–H groups in total. The number of nitrogens with zero attached hydrogens (tertiary/aromatic N) is 1. The fourth-order valence-electron chi connectivity index (χ4n) is 4.80. The average Bonchev–Trinajstić information content (AvgIpc) is 2.82. The van der Waals surface area contributed by atoms with Gasteiger partial charge in [-0.2, -0.15) is 0 Å². The Balaban J connectivity index is 1.60. The molecule has 3 aromatic carbocycles. The normalized spacial score (nSPS) is 15.3. The van der Waals surface area contributed by atoms with Crippen molar-refractivity contribution in [2.75, 3.05) is 10.2 Å². The number of rotatable bonds is 6. The number of nitrogens with one attached hydrogen (secondary N) is 2.